The molecule has 0 spiro atoms. The van der Waals surface area contributed by atoms with Crippen molar-refractivity contribution in [1.82, 2.24) is 0 Å². The topological polar surface area (TPSA) is 80.2 Å². The molecule has 9 heteroatoms. The first-order valence-corrected chi connectivity index (χ1v) is 4.67. The fraction of sp³-hybridized carbons (Fsp3) is 0.222. The quantitative estimate of drug-likeness (QED) is 0.603. The highest BCUT2D eigenvalue weighted by Crippen LogP contribution is 2.33. The Bertz CT molecular complexity index is 565. The smallest absolute Gasteiger partial charge is 0.258 e. The second-order valence-electron chi connectivity index (χ2n) is 3.39. The molecule has 18 heavy (non-hydrogen) atoms. The van der Waals surface area contributed by atoms with Gasteiger partial charge < -0.3 is 0 Å². The SMILES string of the molecule is O=[N+]([O-])c1cc(C2=NCN=N2)cc(C(F)(F)F)c1. The minimum Gasteiger partial charge on any atom is -0.258 e. The van der Waals surface area contributed by atoms with Crippen molar-refractivity contribution in [3.8, 4) is 0 Å². The van der Waals surface area contributed by atoms with Crippen LogP contribution in [0.1, 0.15) is 11.1 Å². The van der Waals surface area contributed by atoms with Gasteiger partial charge >= 0.3 is 6.18 Å². The maximum absolute atomic E-state index is 12.6. The lowest BCUT2D eigenvalue weighted by molar-refractivity contribution is -0.385. The Morgan fingerprint density at radius 1 is 1.28 bits per heavy atom. The molecular weight excluding hydrogens is 253 g/mol. The number of azo groups is 1. The number of nitro benzene ring substituents is 1. The molecule has 0 atom stereocenters. The first-order valence-electron chi connectivity index (χ1n) is 4.67. The van der Waals surface area contributed by atoms with Crippen LogP contribution in [0.25, 0.3) is 0 Å². The van der Waals surface area contributed by atoms with Gasteiger partial charge in [0.2, 0.25) is 0 Å². The molecule has 0 radical (unpaired) electrons. The molecule has 1 aromatic carbocycles. The van der Waals surface area contributed by atoms with Crippen molar-refractivity contribution in [1.29, 1.82) is 0 Å². The van der Waals surface area contributed by atoms with E-state index in [2.05, 4.69) is 15.2 Å². The van der Waals surface area contributed by atoms with Gasteiger partial charge in [-0.1, -0.05) is 0 Å². The zero-order valence-electron chi connectivity index (χ0n) is 8.68. The van der Waals surface area contributed by atoms with Crippen LogP contribution in [0.5, 0.6) is 0 Å². The summed E-state index contributed by atoms with van der Waals surface area (Å²) in [5.74, 6) is -0.0378. The lowest BCUT2D eigenvalue weighted by atomic mass is 10.1. The van der Waals surface area contributed by atoms with Crippen molar-refractivity contribution in [2.45, 2.75) is 6.18 Å². The van der Waals surface area contributed by atoms with E-state index >= 15 is 0 Å². The number of hydrogen-bond donors (Lipinski definition) is 0. The number of nitro groups is 1. The fourth-order valence-corrected chi connectivity index (χ4v) is 1.39. The van der Waals surface area contributed by atoms with Gasteiger partial charge in [-0.25, -0.2) is 4.99 Å². The highest BCUT2D eigenvalue weighted by Gasteiger charge is 2.33. The average molecular weight is 258 g/mol. The van der Waals surface area contributed by atoms with Crippen LogP contribution >= 0.6 is 0 Å². The Balaban J connectivity index is 2.56. The molecule has 0 aliphatic carbocycles. The van der Waals surface area contributed by atoms with Crippen molar-refractivity contribution in [2.24, 2.45) is 15.2 Å². The van der Waals surface area contributed by atoms with Crippen LogP contribution in [-0.2, 0) is 6.18 Å². The Morgan fingerprint density at radius 2 is 2.00 bits per heavy atom. The van der Waals surface area contributed by atoms with E-state index in [0.29, 0.717) is 6.07 Å². The van der Waals surface area contributed by atoms with E-state index in [-0.39, 0.29) is 18.1 Å². The summed E-state index contributed by atoms with van der Waals surface area (Å²) in [4.78, 5) is 13.4. The zero-order chi connectivity index (χ0) is 13.3. The molecule has 6 nitrogen and oxygen atoms in total. The first kappa shape index (κ1) is 12.1. The van der Waals surface area contributed by atoms with E-state index < -0.39 is 22.4 Å². The molecule has 0 bridgehead atoms. The van der Waals surface area contributed by atoms with Crippen molar-refractivity contribution in [3.05, 3.63) is 39.4 Å². The normalized spacial score (nSPS) is 14.7. The zero-order valence-corrected chi connectivity index (χ0v) is 8.68. The van der Waals surface area contributed by atoms with Crippen LogP contribution < -0.4 is 0 Å². The van der Waals surface area contributed by atoms with Gasteiger partial charge in [-0.3, -0.25) is 10.1 Å². The molecule has 0 N–H and O–H groups in total. The van der Waals surface area contributed by atoms with Crippen LogP contribution in [0.4, 0.5) is 18.9 Å². The van der Waals surface area contributed by atoms with Gasteiger partial charge in [-0.2, -0.15) is 18.3 Å². The minimum atomic E-state index is -4.67. The molecule has 1 heterocycles. The largest absolute Gasteiger partial charge is 0.416 e. The van der Waals surface area contributed by atoms with Gasteiger partial charge in [0.25, 0.3) is 5.69 Å². The maximum Gasteiger partial charge on any atom is 0.416 e. The molecular formula is C9H5F3N4O2. The van der Waals surface area contributed by atoms with Crippen molar-refractivity contribution in [2.75, 3.05) is 6.67 Å². The second kappa shape index (κ2) is 4.17. The Labute approximate surface area is 98.0 Å². The average Bonchev–Trinajstić information content (AvgIpc) is 2.80. The molecule has 0 fully saturated rings. The standard InChI is InChI=1S/C9H5F3N4O2/c10-9(11,12)6-1-5(8-13-4-14-15-8)2-7(3-6)16(17)18/h1-3H,4H2. The van der Waals surface area contributed by atoms with E-state index in [9.17, 15) is 23.3 Å². The number of nitrogens with zero attached hydrogens (tertiary/aromatic N) is 4. The lowest BCUT2D eigenvalue weighted by Gasteiger charge is -2.07. The summed E-state index contributed by atoms with van der Waals surface area (Å²) in [6, 6.07) is 2.21. The summed E-state index contributed by atoms with van der Waals surface area (Å²) >= 11 is 0. The van der Waals surface area contributed by atoms with Gasteiger partial charge in [0.15, 0.2) is 12.5 Å². The lowest BCUT2D eigenvalue weighted by Crippen LogP contribution is -2.08. The summed E-state index contributed by atoms with van der Waals surface area (Å²) in [5, 5.41) is 17.6. The number of rotatable bonds is 2. The van der Waals surface area contributed by atoms with Crippen molar-refractivity contribution < 1.29 is 18.1 Å². The third kappa shape index (κ3) is 2.34. The summed E-state index contributed by atoms with van der Waals surface area (Å²) in [6.45, 7) is 0.0133. The first-order chi connectivity index (χ1) is 8.38. The van der Waals surface area contributed by atoms with Crippen LogP contribution in [0, 0.1) is 10.1 Å². The highest BCUT2D eigenvalue weighted by molar-refractivity contribution is 6.00. The van der Waals surface area contributed by atoms with Crippen molar-refractivity contribution >= 4 is 11.5 Å². The van der Waals surface area contributed by atoms with Gasteiger partial charge in [-0.05, 0) is 6.07 Å². The Morgan fingerprint density at radius 3 is 2.50 bits per heavy atom. The summed E-state index contributed by atoms with van der Waals surface area (Å²) in [5.41, 5.74) is -1.85. The molecule has 0 saturated carbocycles. The third-order valence-electron chi connectivity index (χ3n) is 2.16. The fourth-order valence-electron chi connectivity index (χ4n) is 1.39. The van der Waals surface area contributed by atoms with Crippen molar-refractivity contribution in [3.63, 3.8) is 0 Å². The number of non-ortho nitro benzene ring substituents is 1. The van der Waals surface area contributed by atoms with E-state index in [1.165, 1.54) is 0 Å². The number of benzene rings is 1. The summed E-state index contributed by atoms with van der Waals surface area (Å²) in [7, 11) is 0. The number of halogens is 3. The molecule has 1 aromatic rings. The maximum atomic E-state index is 12.6. The Hall–Kier alpha value is -2.32. The molecule has 0 amide bonds. The molecule has 0 saturated heterocycles. The van der Waals surface area contributed by atoms with E-state index in [1.807, 2.05) is 0 Å². The monoisotopic (exact) mass is 258 g/mol. The number of aliphatic imine (C=N–C) groups is 1. The van der Waals surface area contributed by atoms with Crippen LogP contribution in [-0.4, -0.2) is 17.4 Å². The number of amidine groups is 1. The van der Waals surface area contributed by atoms with Crippen LogP contribution in [0.2, 0.25) is 0 Å². The van der Waals surface area contributed by atoms with E-state index in [0.717, 1.165) is 12.1 Å². The second-order valence-corrected chi connectivity index (χ2v) is 3.39. The van der Waals surface area contributed by atoms with Gasteiger partial charge in [0, 0.05) is 17.7 Å². The summed E-state index contributed by atoms with van der Waals surface area (Å²) in [6.07, 6.45) is -4.67. The molecule has 94 valence electrons. The van der Waals surface area contributed by atoms with Gasteiger partial charge in [0.1, 0.15) is 0 Å². The molecule has 1 aliphatic rings. The predicted molar refractivity (Wildman–Crippen MR) is 54.4 cm³/mol. The highest BCUT2D eigenvalue weighted by atomic mass is 19.4. The van der Waals surface area contributed by atoms with E-state index in [1.54, 1.807) is 0 Å². The molecule has 2 rings (SSSR count). The van der Waals surface area contributed by atoms with Gasteiger partial charge in [0.05, 0.1) is 10.5 Å². The predicted octanol–water partition coefficient (Wildman–Crippen LogP) is 2.78. The molecule has 1 aliphatic heterocycles. The van der Waals surface area contributed by atoms with E-state index in [4.69, 9.17) is 0 Å². The minimum absolute atomic E-state index is 0.0133. The number of alkyl halides is 3. The van der Waals surface area contributed by atoms with Gasteiger partial charge in [-0.15, -0.1) is 5.11 Å². The summed E-state index contributed by atoms with van der Waals surface area (Å²) < 4.78 is 37.7. The van der Waals surface area contributed by atoms with Crippen LogP contribution in [0.15, 0.2) is 33.4 Å². The Kier molecular flexibility index (Phi) is 2.81. The number of hydrogen-bond acceptors (Lipinski definition) is 5. The molecule has 0 unspecified atom stereocenters. The van der Waals surface area contributed by atoms with Crippen LogP contribution in [0.3, 0.4) is 0 Å². The molecule has 0 aromatic heterocycles. The third-order valence-corrected chi connectivity index (χ3v) is 2.16.